The lowest BCUT2D eigenvalue weighted by atomic mass is 9.98. The lowest BCUT2D eigenvalue weighted by Crippen LogP contribution is -2.04. The summed E-state index contributed by atoms with van der Waals surface area (Å²) in [4.78, 5) is 0. The van der Waals surface area contributed by atoms with Gasteiger partial charge in [0.05, 0.1) is 0 Å². The van der Waals surface area contributed by atoms with Crippen molar-refractivity contribution in [1.82, 2.24) is 4.57 Å². The highest BCUT2D eigenvalue weighted by molar-refractivity contribution is 5.43. The van der Waals surface area contributed by atoms with Gasteiger partial charge in [0.2, 0.25) is 0 Å². The first-order valence-electron chi connectivity index (χ1n) is 4.62. The smallest absolute Gasteiger partial charge is 0.124 e. The Bertz CT molecular complexity index is 380. The number of rotatable bonds is 1. The maximum absolute atomic E-state index is 8.88. The molecular weight excluding hydrogens is 160 g/mol. The molecule has 0 spiro atoms. The van der Waals surface area contributed by atoms with E-state index < -0.39 is 0 Å². The van der Waals surface area contributed by atoms with Crippen molar-refractivity contribution in [3.05, 3.63) is 29.6 Å². The van der Waals surface area contributed by atoms with Crippen molar-refractivity contribution in [3.63, 3.8) is 0 Å². The number of nitrogens with zero attached hydrogens (tertiary/aromatic N) is 2. The molecule has 66 valence electrons. The van der Waals surface area contributed by atoms with Crippen LogP contribution in [0.4, 0.5) is 0 Å². The van der Waals surface area contributed by atoms with Gasteiger partial charge < -0.3 is 4.57 Å². The third-order valence-corrected chi connectivity index (χ3v) is 2.64. The van der Waals surface area contributed by atoms with Crippen LogP contribution in [0.1, 0.15) is 29.8 Å². The van der Waals surface area contributed by atoms with Gasteiger partial charge in [-0.2, -0.15) is 5.26 Å². The van der Waals surface area contributed by atoms with Crippen molar-refractivity contribution in [1.29, 1.82) is 5.26 Å². The molecule has 1 aromatic heterocycles. The van der Waals surface area contributed by atoms with E-state index in [1.54, 1.807) is 6.20 Å². The third kappa shape index (κ3) is 1.17. The van der Waals surface area contributed by atoms with Crippen molar-refractivity contribution in [2.75, 3.05) is 0 Å². The Morgan fingerprint density at radius 2 is 2.23 bits per heavy atom. The summed E-state index contributed by atoms with van der Waals surface area (Å²) in [6.45, 7) is 3.73. The fraction of sp³-hybridized carbons (Fsp3) is 0.364. The summed E-state index contributed by atoms with van der Waals surface area (Å²) < 4.78 is 1.93. The van der Waals surface area contributed by atoms with Gasteiger partial charge in [-0.15, -0.1) is 0 Å². The molecule has 0 radical (unpaired) electrons. The van der Waals surface area contributed by atoms with Crippen LogP contribution in [0.5, 0.6) is 0 Å². The molecule has 0 saturated carbocycles. The Morgan fingerprint density at radius 1 is 1.46 bits per heavy atom. The zero-order valence-corrected chi connectivity index (χ0v) is 7.58. The number of fused-ring (bicyclic) bond motifs is 1. The van der Waals surface area contributed by atoms with Gasteiger partial charge in [-0.05, 0) is 37.3 Å². The molecule has 1 aliphatic rings. The predicted octanol–water partition coefficient (Wildman–Crippen LogP) is 2.34. The van der Waals surface area contributed by atoms with E-state index in [4.69, 9.17) is 5.26 Å². The molecule has 0 aliphatic heterocycles. The van der Waals surface area contributed by atoms with Gasteiger partial charge in [-0.1, -0.05) is 6.58 Å². The second-order valence-electron chi connectivity index (χ2n) is 3.37. The number of nitriles is 1. The van der Waals surface area contributed by atoms with Crippen LogP contribution in [0, 0.1) is 11.3 Å². The molecule has 13 heavy (non-hydrogen) atoms. The summed E-state index contributed by atoms with van der Waals surface area (Å²) in [6, 6.07) is 4.19. The Hall–Kier alpha value is -1.49. The van der Waals surface area contributed by atoms with Crippen LogP contribution in [0.2, 0.25) is 0 Å². The van der Waals surface area contributed by atoms with Gasteiger partial charge >= 0.3 is 0 Å². The van der Waals surface area contributed by atoms with Crippen molar-refractivity contribution in [2.45, 2.75) is 25.7 Å². The topological polar surface area (TPSA) is 28.7 Å². The lowest BCUT2D eigenvalue weighted by Gasteiger charge is -2.12. The van der Waals surface area contributed by atoms with Gasteiger partial charge in [0.15, 0.2) is 0 Å². The molecule has 0 saturated heterocycles. The predicted molar refractivity (Wildman–Crippen MR) is 52.2 cm³/mol. The zero-order valence-electron chi connectivity index (χ0n) is 7.58. The van der Waals surface area contributed by atoms with Gasteiger partial charge in [0, 0.05) is 11.9 Å². The molecule has 0 atom stereocenters. The molecule has 1 heterocycles. The van der Waals surface area contributed by atoms with Crippen LogP contribution >= 0.6 is 0 Å². The molecule has 0 bridgehead atoms. The SMILES string of the molecule is C=Cn1c(C#N)cc2c1CCCC2. The van der Waals surface area contributed by atoms with Gasteiger partial charge in [-0.3, -0.25) is 0 Å². The average molecular weight is 172 g/mol. The maximum Gasteiger partial charge on any atom is 0.124 e. The van der Waals surface area contributed by atoms with Crippen LogP contribution in [0.3, 0.4) is 0 Å². The third-order valence-electron chi connectivity index (χ3n) is 2.64. The Kier molecular flexibility index (Phi) is 1.94. The molecule has 0 unspecified atom stereocenters. The first-order chi connectivity index (χ1) is 6.36. The van der Waals surface area contributed by atoms with Crippen LogP contribution in [-0.4, -0.2) is 4.57 Å². The molecule has 1 aliphatic carbocycles. The highest BCUT2D eigenvalue weighted by Gasteiger charge is 2.16. The zero-order chi connectivity index (χ0) is 9.26. The summed E-state index contributed by atoms with van der Waals surface area (Å²) >= 11 is 0. The van der Waals surface area contributed by atoms with Crippen molar-refractivity contribution >= 4 is 6.20 Å². The molecule has 2 heteroatoms. The second-order valence-corrected chi connectivity index (χ2v) is 3.37. The summed E-state index contributed by atoms with van der Waals surface area (Å²) in [7, 11) is 0. The number of aromatic nitrogens is 1. The fourth-order valence-electron chi connectivity index (χ4n) is 2.02. The first-order valence-corrected chi connectivity index (χ1v) is 4.62. The van der Waals surface area contributed by atoms with E-state index in [0.717, 1.165) is 18.5 Å². The molecule has 0 aromatic carbocycles. The van der Waals surface area contributed by atoms with E-state index in [1.807, 2.05) is 10.6 Å². The first kappa shape index (κ1) is 8.12. The molecule has 0 fully saturated rings. The van der Waals surface area contributed by atoms with Gasteiger partial charge in [-0.25, -0.2) is 0 Å². The molecule has 2 nitrogen and oxygen atoms in total. The Labute approximate surface area is 78.1 Å². The number of hydrogen-bond donors (Lipinski definition) is 0. The lowest BCUT2D eigenvalue weighted by molar-refractivity contribution is 0.667. The molecule has 2 rings (SSSR count). The monoisotopic (exact) mass is 172 g/mol. The Morgan fingerprint density at radius 3 is 2.92 bits per heavy atom. The maximum atomic E-state index is 8.88. The summed E-state index contributed by atoms with van der Waals surface area (Å²) in [6.07, 6.45) is 6.42. The average Bonchev–Trinajstić information content (AvgIpc) is 2.55. The minimum absolute atomic E-state index is 0.724. The van der Waals surface area contributed by atoms with Crippen LogP contribution < -0.4 is 0 Å². The van der Waals surface area contributed by atoms with E-state index in [2.05, 4.69) is 12.6 Å². The normalized spacial score (nSPS) is 14.7. The van der Waals surface area contributed by atoms with E-state index in [1.165, 1.54) is 24.1 Å². The van der Waals surface area contributed by atoms with Crippen LogP contribution in [0.15, 0.2) is 12.6 Å². The largest absolute Gasteiger partial charge is 0.312 e. The second kappa shape index (κ2) is 3.10. The summed E-state index contributed by atoms with van der Waals surface area (Å²) in [5.74, 6) is 0. The molecule has 0 N–H and O–H groups in total. The summed E-state index contributed by atoms with van der Waals surface area (Å²) in [5.41, 5.74) is 3.35. The van der Waals surface area contributed by atoms with E-state index in [-0.39, 0.29) is 0 Å². The minimum Gasteiger partial charge on any atom is -0.312 e. The van der Waals surface area contributed by atoms with Crippen LogP contribution in [0.25, 0.3) is 6.20 Å². The number of aryl methyl sites for hydroxylation is 1. The molecule has 1 aromatic rings. The molecule has 0 amide bonds. The highest BCUT2D eigenvalue weighted by atomic mass is 15.0. The van der Waals surface area contributed by atoms with Crippen molar-refractivity contribution in [2.24, 2.45) is 0 Å². The van der Waals surface area contributed by atoms with Crippen molar-refractivity contribution in [3.8, 4) is 6.07 Å². The standard InChI is InChI=1S/C11H12N2/c1-2-13-10(8-12)7-9-5-3-4-6-11(9)13/h2,7H,1,3-6H2. The van der Waals surface area contributed by atoms with E-state index in [9.17, 15) is 0 Å². The minimum atomic E-state index is 0.724. The van der Waals surface area contributed by atoms with Crippen LogP contribution in [-0.2, 0) is 12.8 Å². The van der Waals surface area contributed by atoms with Gasteiger partial charge in [0.25, 0.3) is 0 Å². The Balaban J connectivity index is 2.58. The highest BCUT2D eigenvalue weighted by Crippen LogP contribution is 2.24. The van der Waals surface area contributed by atoms with Crippen molar-refractivity contribution < 1.29 is 0 Å². The van der Waals surface area contributed by atoms with Gasteiger partial charge in [0.1, 0.15) is 11.8 Å². The number of hydrogen-bond acceptors (Lipinski definition) is 1. The van der Waals surface area contributed by atoms with E-state index >= 15 is 0 Å². The van der Waals surface area contributed by atoms with E-state index in [0.29, 0.717) is 0 Å². The summed E-state index contributed by atoms with van der Waals surface area (Å²) in [5, 5.41) is 8.88. The quantitative estimate of drug-likeness (QED) is 0.639. The fourth-order valence-corrected chi connectivity index (χ4v) is 2.02. The molecular formula is C11H12N2.